The van der Waals surface area contributed by atoms with E-state index < -0.39 is 47.4 Å². The average Bonchev–Trinajstić information content (AvgIpc) is 3.06. The molecule has 9 heteroatoms. The molecule has 1 aromatic carbocycles. The molecule has 1 aliphatic carbocycles. The fourth-order valence-electron chi connectivity index (χ4n) is 4.39. The standard InChI is InChI=1S/C22H26O9/c1-20(2)28-16-11-22(19(26)30-21(3,4)31-22)10-15(18(16)29-20)27-17(25)8-6-12-5-7-13(23)14(24)9-12/h5-9,15-16,18,23-24H,10-11H2,1-4H3/b8-6+/t15-,16-,18+,22-/m1/s1. The van der Waals surface area contributed by atoms with Crippen LogP contribution in [0.5, 0.6) is 11.5 Å². The topological polar surface area (TPSA) is 121 Å². The molecular formula is C22H26O9. The first-order valence-electron chi connectivity index (χ1n) is 10.1. The second-order valence-electron chi connectivity index (χ2n) is 8.99. The molecule has 31 heavy (non-hydrogen) atoms. The number of hydrogen-bond donors (Lipinski definition) is 2. The van der Waals surface area contributed by atoms with Gasteiger partial charge in [0.25, 0.3) is 0 Å². The summed E-state index contributed by atoms with van der Waals surface area (Å²) in [4.78, 5) is 25.2. The molecule has 1 spiro atoms. The highest BCUT2D eigenvalue weighted by atomic mass is 16.8. The van der Waals surface area contributed by atoms with Gasteiger partial charge in [-0.25, -0.2) is 9.59 Å². The van der Waals surface area contributed by atoms with Crippen LogP contribution in [-0.4, -0.2) is 57.6 Å². The molecule has 0 radical (unpaired) electrons. The van der Waals surface area contributed by atoms with Crippen molar-refractivity contribution in [2.75, 3.05) is 0 Å². The van der Waals surface area contributed by atoms with E-state index >= 15 is 0 Å². The minimum atomic E-state index is -1.29. The predicted octanol–water partition coefficient (Wildman–Crippen LogP) is 2.39. The first-order chi connectivity index (χ1) is 14.4. The molecular weight excluding hydrogens is 408 g/mol. The van der Waals surface area contributed by atoms with Gasteiger partial charge in [-0.1, -0.05) is 6.07 Å². The lowest BCUT2D eigenvalue weighted by atomic mass is 9.79. The first-order valence-corrected chi connectivity index (χ1v) is 10.1. The molecule has 168 valence electrons. The number of aromatic hydroxyl groups is 2. The van der Waals surface area contributed by atoms with Gasteiger partial charge in [0.15, 0.2) is 22.9 Å². The maximum atomic E-state index is 12.7. The number of ether oxygens (including phenoxy) is 5. The van der Waals surface area contributed by atoms with E-state index in [1.165, 1.54) is 30.4 Å². The molecule has 2 heterocycles. The molecule has 2 saturated heterocycles. The number of benzene rings is 1. The Balaban J connectivity index is 1.53. The second kappa shape index (κ2) is 7.22. The first kappa shape index (κ1) is 21.6. The minimum absolute atomic E-state index is 0.0788. The highest BCUT2D eigenvalue weighted by Gasteiger charge is 2.64. The molecule has 0 unspecified atom stereocenters. The Labute approximate surface area is 179 Å². The van der Waals surface area contributed by atoms with Crippen LogP contribution < -0.4 is 0 Å². The number of carbonyl (C=O) groups is 2. The third kappa shape index (κ3) is 4.26. The summed E-state index contributed by atoms with van der Waals surface area (Å²) in [6.07, 6.45) is 1.08. The fourth-order valence-corrected chi connectivity index (χ4v) is 4.39. The van der Waals surface area contributed by atoms with E-state index in [0.29, 0.717) is 5.56 Å². The van der Waals surface area contributed by atoms with Crippen molar-refractivity contribution in [2.45, 2.75) is 76.0 Å². The summed E-state index contributed by atoms with van der Waals surface area (Å²) in [5.74, 6) is -3.72. The third-order valence-corrected chi connectivity index (χ3v) is 5.48. The number of esters is 2. The van der Waals surface area contributed by atoms with Crippen molar-refractivity contribution in [2.24, 2.45) is 0 Å². The van der Waals surface area contributed by atoms with Crippen LogP contribution >= 0.6 is 0 Å². The van der Waals surface area contributed by atoms with Crippen LogP contribution in [0.4, 0.5) is 0 Å². The van der Waals surface area contributed by atoms with Gasteiger partial charge in [0, 0.05) is 32.8 Å². The summed E-state index contributed by atoms with van der Waals surface area (Å²) in [5.41, 5.74) is -0.789. The van der Waals surface area contributed by atoms with Crippen LogP contribution in [0.15, 0.2) is 24.3 Å². The Morgan fingerprint density at radius 2 is 1.84 bits per heavy atom. The summed E-state index contributed by atoms with van der Waals surface area (Å²) >= 11 is 0. The largest absolute Gasteiger partial charge is 0.504 e. The van der Waals surface area contributed by atoms with Gasteiger partial charge in [-0.2, -0.15) is 0 Å². The van der Waals surface area contributed by atoms with Crippen molar-refractivity contribution in [3.05, 3.63) is 29.8 Å². The van der Waals surface area contributed by atoms with Crippen LogP contribution in [0, 0.1) is 0 Å². The molecule has 4 atom stereocenters. The highest BCUT2D eigenvalue weighted by Crippen LogP contribution is 2.48. The van der Waals surface area contributed by atoms with E-state index in [4.69, 9.17) is 23.7 Å². The van der Waals surface area contributed by atoms with E-state index in [1.807, 2.05) is 0 Å². The SMILES string of the molecule is CC1(C)O[C@H]2[C@H](OC(=O)/C=C/c3ccc(O)c(O)c3)C[C@]3(C[C@H]2O1)OC(C)(C)OC3=O. The van der Waals surface area contributed by atoms with Gasteiger partial charge in [0.05, 0.1) is 6.10 Å². The van der Waals surface area contributed by atoms with Crippen LogP contribution in [0.3, 0.4) is 0 Å². The van der Waals surface area contributed by atoms with Crippen molar-refractivity contribution in [1.82, 2.24) is 0 Å². The monoisotopic (exact) mass is 434 g/mol. The Morgan fingerprint density at radius 1 is 1.10 bits per heavy atom. The lowest BCUT2D eigenvalue weighted by molar-refractivity contribution is -0.195. The van der Waals surface area contributed by atoms with E-state index in [-0.39, 0.29) is 24.3 Å². The quantitative estimate of drug-likeness (QED) is 0.420. The number of fused-ring (bicyclic) bond motifs is 1. The van der Waals surface area contributed by atoms with Gasteiger partial charge in [-0.15, -0.1) is 0 Å². The molecule has 2 N–H and O–H groups in total. The number of rotatable bonds is 3. The second-order valence-corrected chi connectivity index (χ2v) is 8.99. The Bertz CT molecular complexity index is 935. The molecule has 2 aliphatic heterocycles. The van der Waals surface area contributed by atoms with E-state index in [1.54, 1.807) is 27.7 Å². The van der Waals surface area contributed by atoms with Crippen molar-refractivity contribution >= 4 is 18.0 Å². The normalized spacial score (nSPS) is 33.4. The molecule has 3 aliphatic rings. The van der Waals surface area contributed by atoms with Gasteiger partial charge < -0.3 is 33.9 Å². The molecule has 1 saturated carbocycles. The lowest BCUT2D eigenvalue weighted by Gasteiger charge is -2.39. The predicted molar refractivity (Wildman–Crippen MR) is 106 cm³/mol. The maximum absolute atomic E-state index is 12.7. The number of cyclic esters (lactones) is 1. The van der Waals surface area contributed by atoms with E-state index in [2.05, 4.69) is 0 Å². The van der Waals surface area contributed by atoms with Crippen LogP contribution in [-0.2, 0) is 33.3 Å². The van der Waals surface area contributed by atoms with E-state index in [0.717, 1.165) is 0 Å². The van der Waals surface area contributed by atoms with Gasteiger partial charge in [0.2, 0.25) is 5.79 Å². The number of hydrogen-bond acceptors (Lipinski definition) is 9. The summed E-state index contributed by atoms with van der Waals surface area (Å²) in [7, 11) is 0. The maximum Gasteiger partial charge on any atom is 0.341 e. The summed E-state index contributed by atoms with van der Waals surface area (Å²) < 4.78 is 28.9. The van der Waals surface area contributed by atoms with Gasteiger partial charge in [-0.3, -0.25) is 0 Å². The van der Waals surface area contributed by atoms with Gasteiger partial charge in [-0.05, 0) is 37.6 Å². The van der Waals surface area contributed by atoms with Gasteiger partial charge >= 0.3 is 11.9 Å². The molecule has 0 aromatic heterocycles. The lowest BCUT2D eigenvalue weighted by Crippen LogP contribution is -2.55. The molecule has 1 aromatic rings. The van der Waals surface area contributed by atoms with Crippen LogP contribution in [0.1, 0.15) is 46.1 Å². The number of phenolic OH excluding ortho intramolecular Hbond substituents is 2. The number of phenols is 2. The zero-order chi connectivity index (χ0) is 22.6. The zero-order valence-corrected chi connectivity index (χ0v) is 17.8. The fraction of sp³-hybridized carbons (Fsp3) is 0.545. The van der Waals surface area contributed by atoms with Crippen molar-refractivity contribution in [3.63, 3.8) is 0 Å². The van der Waals surface area contributed by atoms with Crippen molar-refractivity contribution in [1.29, 1.82) is 0 Å². The highest BCUT2D eigenvalue weighted by molar-refractivity contribution is 5.87. The average molecular weight is 434 g/mol. The van der Waals surface area contributed by atoms with E-state index in [9.17, 15) is 19.8 Å². The van der Waals surface area contributed by atoms with Crippen molar-refractivity contribution < 1.29 is 43.5 Å². The Hall–Kier alpha value is -2.62. The summed E-state index contributed by atoms with van der Waals surface area (Å²) in [5, 5.41) is 19.0. The molecule has 0 amide bonds. The zero-order valence-electron chi connectivity index (χ0n) is 17.8. The minimum Gasteiger partial charge on any atom is -0.504 e. The molecule has 4 rings (SSSR count). The van der Waals surface area contributed by atoms with Gasteiger partial charge in [0.1, 0.15) is 12.2 Å². The Morgan fingerprint density at radius 3 is 2.48 bits per heavy atom. The number of carbonyl (C=O) groups excluding carboxylic acids is 2. The molecule has 9 nitrogen and oxygen atoms in total. The summed E-state index contributed by atoms with van der Waals surface area (Å²) in [6, 6.07) is 4.16. The third-order valence-electron chi connectivity index (χ3n) is 5.48. The smallest absolute Gasteiger partial charge is 0.341 e. The molecule has 0 bridgehead atoms. The summed E-state index contributed by atoms with van der Waals surface area (Å²) in [6.45, 7) is 6.81. The molecule has 3 fully saturated rings. The Kier molecular flexibility index (Phi) is 5.03. The van der Waals surface area contributed by atoms with Crippen molar-refractivity contribution in [3.8, 4) is 11.5 Å². The van der Waals surface area contributed by atoms with Crippen LogP contribution in [0.25, 0.3) is 6.08 Å². The van der Waals surface area contributed by atoms with Crippen LogP contribution in [0.2, 0.25) is 0 Å².